The second-order valence-corrected chi connectivity index (χ2v) is 5.54. The van der Waals surface area contributed by atoms with E-state index in [9.17, 15) is 48.3 Å². The van der Waals surface area contributed by atoms with Gasteiger partial charge in [0.2, 0.25) is 0 Å². The van der Waals surface area contributed by atoms with E-state index in [2.05, 4.69) is 0 Å². The van der Waals surface area contributed by atoms with Gasteiger partial charge in [-0.15, -0.1) is 0 Å². The Balaban J connectivity index is 2.73. The van der Waals surface area contributed by atoms with E-state index in [1.54, 1.807) is 0 Å². The minimum Gasteiger partial charge on any atom is -0.261 e. The van der Waals surface area contributed by atoms with E-state index < -0.39 is 53.4 Å². The van der Waals surface area contributed by atoms with Crippen LogP contribution in [0, 0.1) is 0 Å². The first-order valence-electron chi connectivity index (χ1n) is 6.43. The molecule has 0 aromatic rings. The number of nitrogens with zero attached hydrogens (tertiary/aromatic N) is 1. The Morgan fingerprint density at radius 2 is 0.739 bits per heavy atom. The molecule has 0 amide bonds. The molecule has 23 heavy (non-hydrogen) atoms. The van der Waals surface area contributed by atoms with Gasteiger partial charge in [0.05, 0.1) is 0 Å². The molecule has 1 saturated heterocycles. The highest BCUT2D eigenvalue weighted by Crippen LogP contribution is 2.70. The molecule has 12 heteroatoms. The maximum atomic E-state index is 14.5. The second kappa shape index (κ2) is 4.63. The lowest BCUT2D eigenvalue weighted by Gasteiger charge is -2.56. The predicted octanol–water partition coefficient (Wildman–Crippen LogP) is 4.33. The monoisotopic (exact) mass is 365 g/mol. The van der Waals surface area contributed by atoms with Crippen LogP contribution in [0.25, 0.3) is 0 Å². The maximum absolute atomic E-state index is 14.5. The van der Waals surface area contributed by atoms with Crippen molar-refractivity contribution in [3.63, 3.8) is 0 Å². The fraction of sp³-hybridized carbons (Fsp3) is 1.00. The van der Waals surface area contributed by atoms with Gasteiger partial charge in [0.25, 0.3) is 0 Å². The van der Waals surface area contributed by atoms with Gasteiger partial charge in [0.1, 0.15) is 0 Å². The highest BCUT2D eigenvalue weighted by Gasteiger charge is 3.02. The van der Waals surface area contributed by atoms with E-state index in [0.717, 1.165) is 0 Å². The molecule has 0 unspecified atom stereocenters. The van der Waals surface area contributed by atoms with Gasteiger partial charge in [-0.2, -0.15) is 43.9 Å². The van der Waals surface area contributed by atoms with Crippen molar-refractivity contribution in [3.8, 4) is 0 Å². The van der Waals surface area contributed by atoms with E-state index in [4.69, 9.17) is 0 Å². The Bertz CT molecular complexity index is 450. The standard InChI is InChI=1S/C11H10F11N/c12-6(13)7(14,15)9(18,19)11(22,10(20,21)8(6,16)17)23-4-2-1-3-5-23/h1-5H2. The zero-order chi connectivity index (χ0) is 18.1. The molecule has 0 aromatic carbocycles. The predicted molar refractivity (Wildman–Crippen MR) is 54.0 cm³/mol. The summed E-state index contributed by atoms with van der Waals surface area (Å²) in [6.07, 6.45) is -0.205. The summed E-state index contributed by atoms with van der Waals surface area (Å²) >= 11 is 0. The summed E-state index contributed by atoms with van der Waals surface area (Å²) in [5.74, 6) is -40.6. The minimum absolute atomic E-state index is 0.217. The lowest BCUT2D eigenvalue weighted by atomic mass is 9.75. The summed E-state index contributed by atoms with van der Waals surface area (Å²) in [4.78, 5) is -0.590. The van der Waals surface area contributed by atoms with E-state index in [0.29, 0.717) is 0 Å². The van der Waals surface area contributed by atoms with Gasteiger partial charge >= 0.3 is 35.4 Å². The molecule has 0 aromatic heterocycles. The molecule has 1 nitrogen and oxygen atoms in total. The third kappa shape index (κ3) is 1.73. The highest BCUT2D eigenvalue weighted by atomic mass is 19.4. The number of rotatable bonds is 1. The number of hydrogen-bond donors (Lipinski definition) is 0. The lowest BCUT2D eigenvalue weighted by molar-refractivity contribution is -0.505. The summed E-state index contributed by atoms with van der Waals surface area (Å²) in [5, 5.41) is 0. The van der Waals surface area contributed by atoms with Gasteiger partial charge < -0.3 is 0 Å². The highest BCUT2D eigenvalue weighted by molar-refractivity contribution is 5.26. The van der Waals surface area contributed by atoms with Crippen molar-refractivity contribution in [1.29, 1.82) is 0 Å². The van der Waals surface area contributed by atoms with Crippen LogP contribution in [0.2, 0.25) is 0 Å². The molecule has 0 spiro atoms. The molecule has 1 aliphatic carbocycles. The smallest absolute Gasteiger partial charge is 0.261 e. The second-order valence-electron chi connectivity index (χ2n) is 5.54. The van der Waals surface area contributed by atoms with Crippen molar-refractivity contribution < 1.29 is 48.3 Å². The average molecular weight is 365 g/mol. The van der Waals surface area contributed by atoms with E-state index in [1.165, 1.54) is 0 Å². The zero-order valence-electron chi connectivity index (χ0n) is 11.1. The number of likely N-dealkylation sites (tertiary alicyclic amines) is 1. The Morgan fingerprint density at radius 3 is 1.09 bits per heavy atom. The largest absolute Gasteiger partial charge is 0.384 e. The molecule has 0 N–H and O–H groups in total. The fourth-order valence-electron chi connectivity index (χ4n) is 2.80. The molecular weight excluding hydrogens is 355 g/mol. The van der Waals surface area contributed by atoms with Gasteiger partial charge in [-0.1, -0.05) is 6.42 Å². The van der Waals surface area contributed by atoms with Gasteiger partial charge in [0, 0.05) is 13.1 Å². The SMILES string of the molecule is FC1(F)C(F)(F)C(F)(F)C(F)(N2CCCCC2)C(F)(F)C1(F)F. The molecule has 0 radical (unpaired) electrons. The van der Waals surface area contributed by atoms with Gasteiger partial charge in [-0.25, -0.2) is 4.39 Å². The summed E-state index contributed by atoms with van der Waals surface area (Å²) in [6, 6.07) is 0. The zero-order valence-corrected chi connectivity index (χ0v) is 11.1. The van der Waals surface area contributed by atoms with Gasteiger partial charge in [-0.05, 0) is 12.8 Å². The Labute approximate surface area is 122 Å². The van der Waals surface area contributed by atoms with Crippen molar-refractivity contribution >= 4 is 0 Å². The van der Waals surface area contributed by atoms with Crippen molar-refractivity contribution in [2.24, 2.45) is 0 Å². The van der Waals surface area contributed by atoms with Crippen LogP contribution < -0.4 is 0 Å². The van der Waals surface area contributed by atoms with Crippen LogP contribution in [0.3, 0.4) is 0 Å². The lowest BCUT2D eigenvalue weighted by Crippen LogP contribution is -2.87. The first-order chi connectivity index (χ1) is 10.1. The van der Waals surface area contributed by atoms with Crippen molar-refractivity contribution in [2.45, 2.75) is 54.7 Å². The van der Waals surface area contributed by atoms with Crippen molar-refractivity contribution in [1.82, 2.24) is 4.90 Å². The van der Waals surface area contributed by atoms with Crippen molar-refractivity contribution in [3.05, 3.63) is 0 Å². The van der Waals surface area contributed by atoms with Crippen LogP contribution >= 0.6 is 0 Å². The van der Waals surface area contributed by atoms with E-state index >= 15 is 0 Å². The Kier molecular flexibility index (Phi) is 3.73. The topological polar surface area (TPSA) is 3.24 Å². The number of piperidine rings is 1. The summed E-state index contributed by atoms with van der Waals surface area (Å²) < 4.78 is 148. The molecule has 0 atom stereocenters. The third-order valence-electron chi connectivity index (χ3n) is 4.20. The minimum atomic E-state index is -7.14. The summed E-state index contributed by atoms with van der Waals surface area (Å²) in [6.45, 7) is -1.95. The maximum Gasteiger partial charge on any atom is 0.384 e. The molecule has 136 valence electrons. The van der Waals surface area contributed by atoms with Gasteiger partial charge in [-0.3, -0.25) is 4.90 Å². The molecule has 1 saturated carbocycles. The van der Waals surface area contributed by atoms with Crippen LogP contribution in [-0.4, -0.2) is 53.4 Å². The molecule has 2 aliphatic rings. The summed E-state index contributed by atoms with van der Waals surface area (Å²) in [5.41, 5.74) is 0. The molecule has 1 heterocycles. The third-order valence-corrected chi connectivity index (χ3v) is 4.20. The molecule has 2 rings (SSSR count). The molecule has 0 bridgehead atoms. The van der Waals surface area contributed by atoms with Crippen LogP contribution in [-0.2, 0) is 0 Å². The van der Waals surface area contributed by atoms with Crippen LogP contribution in [0.1, 0.15) is 19.3 Å². The normalized spacial score (nSPS) is 34.0. The quantitative estimate of drug-likeness (QED) is 0.494. The van der Waals surface area contributed by atoms with Crippen LogP contribution in [0.4, 0.5) is 48.3 Å². The van der Waals surface area contributed by atoms with Gasteiger partial charge in [0.15, 0.2) is 0 Å². The molecule has 1 aliphatic heterocycles. The van der Waals surface area contributed by atoms with E-state index in [-0.39, 0.29) is 19.3 Å². The number of halogens is 11. The number of hydrogen-bond acceptors (Lipinski definition) is 1. The van der Waals surface area contributed by atoms with Crippen LogP contribution in [0.5, 0.6) is 0 Å². The van der Waals surface area contributed by atoms with Crippen molar-refractivity contribution in [2.75, 3.05) is 13.1 Å². The molecular formula is C11H10F11N. The average Bonchev–Trinajstić information content (AvgIpc) is 2.45. The first kappa shape index (κ1) is 18.5. The Hall–Kier alpha value is -0.810. The molecule has 2 fully saturated rings. The fourth-order valence-corrected chi connectivity index (χ4v) is 2.80. The summed E-state index contributed by atoms with van der Waals surface area (Å²) in [7, 11) is 0. The van der Waals surface area contributed by atoms with Crippen LogP contribution in [0.15, 0.2) is 0 Å². The van der Waals surface area contributed by atoms with E-state index in [1.807, 2.05) is 0 Å². The first-order valence-corrected chi connectivity index (χ1v) is 6.43. The Morgan fingerprint density at radius 1 is 0.435 bits per heavy atom. The number of alkyl halides is 11.